The van der Waals surface area contributed by atoms with Crippen LogP contribution < -0.4 is 10.6 Å². The molecule has 0 unspecified atom stereocenters. The quantitative estimate of drug-likeness (QED) is 0.473. The summed E-state index contributed by atoms with van der Waals surface area (Å²) in [7, 11) is 0. The molecule has 2 heterocycles. The van der Waals surface area contributed by atoms with Crippen molar-refractivity contribution in [2.45, 2.75) is 32.6 Å². The third-order valence-corrected chi connectivity index (χ3v) is 6.89. The number of benzene rings is 2. The first kappa shape index (κ1) is 21.7. The first-order chi connectivity index (χ1) is 16.1. The number of rotatable bonds is 5. The monoisotopic (exact) mass is 444 g/mol. The van der Waals surface area contributed by atoms with Gasteiger partial charge in [-0.25, -0.2) is 0 Å². The van der Waals surface area contributed by atoms with Crippen molar-refractivity contribution in [1.29, 1.82) is 0 Å². The number of nitrogens with zero attached hydrogens (tertiary/aromatic N) is 3. The van der Waals surface area contributed by atoms with Gasteiger partial charge in [-0.1, -0.05) is 18.2 Å². The standard InChI is InChI=1S/C27H32N4O2/c1-19(32)33-17-16-30-12-14-31(15-13-30)26-11-10-20(28)18-23(26)27-21-6-2-4-8-24(21)29-25-9-5-3-7-22(25)27/h2,4,6,8,10-11,18H,3,5,7,9,12-17,28H2,1H3. The van der Waals surface area contributed by atoms with E-state index in [1.807, 2.05) is 6.07 Å². The van der Waals surface area contributed by atoms with Gasteiger partial charge in [-0.2, -0.15) is 0 Å². The molecular weight excluding hydrogens is 412 g/mol. The largest absolute Gasteiger partial charge is 0.465 e. The van der Waals surface area contributed by atoms with Crippen molar-refractivity contribution in [1.82, 2.24) is 9.88 Å². The Hall–Kier alpha value is -3.12. The lowest BCUT2D eigenvalue weighted by molar-refractivity contribution is -0.141. The van der Waals surface area contributed by atoms with Gasteiger partial charge in [0.05, 0.1) is 5.52 Å². The van der Waals surface area contributed by atoms with Gasteiger partial charge in [0, 0.05) is 67.7 Å². The van der Waals surface area contributed by atoms with Crippen LogP contribution in [0, 0.1) is 0 Å². The highest BCUT2D eigenvalue weighted by molar-refractivity contribution is 6.00. The smallest absolute Gasteiger partial charge is 0.302 e. The number of ether oxygens (including phenoxy) is 1. The van der Waals surface area contributed by atoms with Crippen LogP contribution in [0.4, 0.5) is 11.4 Å². The molecule has 2 N–H and O–H groups in total. The van der Waals surface area contributed by atoms with Gasteiger partial charge in [-0.3, -0.25) is 14.7 Å². The Kier molecular flexibility index (Phi) is 6.18. The minimum Gasteiger partial charge on any atom is -0.465 e. The van der Waals surface area contributed by atoms with E-state index in [1.54, 1.807) is 0 Å². The lowest BCUT2D eigenvalue weighted by atomic mass is 9.86. The SMILES string of the molecule is CC(=O)OCCN1CCN(c2ccc(N)cc2-c2c3c(nc4ccccc24)CCCC3)CC1. The van der Waals surface area contributed by atoms with Gasteiger partial charge in [0.15, 0.2) is 0 Å². The molecule has 1 aromatic heterocycles. The normalized spacial score (nSPS) is 16.6. The summed E-state index contributed by atoms with van der Waals surface area (Å²) >= 11 is 0. The van der Waals surface area contributed by atoms with E-state index in [0.29, 0.717) is 6.61 Å². The van der Waals surface area contributed by atoms with Crippen LogP contribution in [0.2, 0.25) is 0 Å². The average Bonchev–Trinajstić information content (AvgIpc) is 2.83. The predicted octanol–water partition coefficient (Wildman–Crippen LogP) is 4.05. The number of pyridine rings is 1. The summed E-state index contributed by atoms with van der Waals surface area (Å²) in [6.07, 6.45) is 4.53. The van der Waals surface area contributed by atoms with E-state index < -0.39 is 0 Å². The Bertz CT molecular complexity index is 1170. The zero-order valence-corrected chi connectivity index (χ0v) is 19.3. The predicted molar refractivity (Wildman–Crippen MR) is 134 cm³/mol. The number of nitrogen functional groups attached to an aromatic ring is 1. The Morgan fingerprint density at radius 2 is 1.85 bits per heavy atom. The van der Waals surface area contributed by atoms with E-state index >= 15 is 0 Å². The van der Waals surface area contributed by atoms with Gasteiger partial charge in [0.25, 0.3) is 0 Å². The molecule has 0 amide bonds. The summed E-state index contributed by atoms with van der Waals surface area (Å²) < 4.78 is 5.13. The number of hydrogen-bond donors (Lipinski definition) is 1. The number of fused-ring (bicyclic) bond motifs is 2. The molecule has 5 rings (SSSR count). The fourth-order valence-corrected chi connectivity index (χ4v) is 5.24. The number of nitrogens with two attached hydrogens (primary N) is 1. The van der Waals surface area contributed by atoms with Crippen molar-refractivity contribution in [2.75, 3.05) is 50.0 Å². The molecule has 33 heavy (non-hydrogen) atoms. The Morgan fingerprint density at radius 1 is 1.06 bits per heavy atom. The number of anilines is 2. The second-order valence-electron chi connectivity index (χ2n) is 9.08. The van der Waals surface area contributed by atoms with Gasteiger partial charge in [0.1, 0.15) is 6.61 Å². The van der Waals surface area contributed by atoms with Crippen LogP contribution in [0.15, 0.2) is 42.5 Å². The highest BCUT2D eigenvalue weighted by Crippen LogP contribution is 2.42. The number of carbonyl (C=O) groups is 1. The number of aromatic nitrogens is 1. The summed E-state index contributed by atoms with van der Waals surface area (Å²) in [5.74, 6) is -0.215. The molecule has 6 nitrogen and oxygen atoms in total. The lowest BCUT2D eigenvalue weighted by Crippen LogP contribution is -2.47. The van der Waals surface area contributed by atoms with Crippen molar-refractivity contribution >= 4 is 28.2 Å². The zero-order valence-electron chi connectivity index (χ0n) is 19.3. The van der Waals surface area contributed by atoms with E-state index in [0.717, 1.165) is 56.8 Å². The van der Waals surface area contributed by atoms with E-state index in [1.165, 1.54) is 53.2 Å². The van der Waals surface area contributed by atoms with Crippen molar-refractivity contribution in [3.05, 3.63) is 53.7 Å². The molecule has 0 spiro atoms. The van der Waals surface area contributed by atoms with Gasteiger partial charge < -0.3 is 15.4 Å². The number of esters is 1. The van der Waals surface area contributed by atoms with Crippen LogP contribution >= 0.6 is 0 Å². The summed E-state index contributed by atoms with van der Waals surface area (Å²) in [6.45, 7) is 6.45. The second kappa shape index (κ2) is 9.40. The third-order valence-electron chi connectivity index (χ3n) is 6.89. The number of para-hydroxylation sites is 1. The van der Waals surface area contributed by atoms with Crippen molar-refractivity contribution < 1.29 is 9.53 Å². The molecule has 0 atom stereocenters. The molecule has 6 heteroatoms. The molecule has 1 fully saturated rings. The first-order valence-corrected chi connectivity index (χ1v) is 12.0. The van der Waals surface area contributed by atoms with Crippen molar-refractivity contribution in [2.24, 2.45) is 0 Å². The Morgan fingerprint density at radius 3 is 2.67 bits per heavy atom. The number of piperazine rings is 1. The van der Waals surface area contributed by atoms with Crippen molar-refractivity contribution in [3.63, 3.8) is 0 Å². The molecule has 0 bridgehead atoms. The highest BCUT2D eigenvalue weighted by atomic mass is 16.5. The molecule has 172 valence electrons. The molecule has 1 aliphatic carbocycles. The lowest BCUT2D eigenvalue weighted by Gasteiger charge is -2.37. The number of hydrogen-bond acceptors (Lipinski definition) is 6. The molecule has 0 saturated carbocycles. The van der Waals surface area contributed by atoms with Crippen molar-refractivity contribution in [3.8, 4) is 11.1 Å². The van der Waals surface area contributed by atoms with Crippen LogP contribution in [-0.4, -0.2) is 55.2 Å². The third kappa shape index (κ3) is 4.53. The first-order valence-electron chi connectivity index (χ1n) is 12.0. The Labute approximate surface area is 195 Å². The number of aryl methyl sites for hydroxylation is 1. The highest BCUT2D eigenvalue weighted by Gasteiger charge is 2.24. The van der Waals surface area contributed by atoms with Crippen LogP contribution in [-0.2, 0) is 22.4 Å². The molecule has 3 aromatic rings. The van der Waals surface area contributed by atoms with Crippen LogP contribution in [0.25, 0.3) is 22.0 Å². The van der Waals surface area contributed by atoms with Crippen LogP contribution in [0.5, 0.6) is 0 Å². The maximum Gasteiger partial charge on any atom is 0.302 e. The van der Waals surface area contributed by atoms with E-state index in [9.17, 15) is 4.79 Å². The summed E-state index contributed by atoms with van der Waals surface area (Å²) in [4.78, 5) is 20.9. The van der Waals surface area contributed by atoms with E-state index in [2.05, 4.69) is 46.2 Å². The maximum atomic E-state index is 11.1. The maximum absolute atomic E-state index is 11.1. The molecule has 2 aromatic carbocycles. The fraction of sp³-hybridized carbons (Fsp3) is 0.407. The van der Waals surface area contributed by atoms with E-state index in [-0.39, 0.29) is 5.97 Å². The average molecular weight is 445 g/mol. The fourth-order valence-electron chi connectivity index (χ4n) is 5.24. The van der Waals surface area contributed by atoms with Gasteiger partial charge in [-0.15, -0.1) is 0 Å². The minimum absolute atomic E-state index is 0.215. The summed E-state index contributed by atoms with van der Waals surface area (Å²) in [6, 6.07) is 14.9. The topological polar surface area (TPSA) is 71.7 Å². The zero-order chi connectivity index (χ0) is 22.8. The summed E-state index contributed by atoms with van der Waals surface area (Å²) in [5.41, 5.74) is 14.6. The molecular formula is C27H32N4O2. The van der Waals surface area contributed by atoms with Gasteiger partial charge >= 0.3 is 5.97 Å². The molecule has 1 saturated heterocycles. The Balaban J connectivity index is 1.50. The van der Waals surface area contributed by atoms with E-state index in [4.69, 9.17) is 15.5 Å². The molecule has 2 aliphatic rings. The second-order valence-corrected chi connectivity index (χ2v) is 9.08. The molecule has 1 aliphatic heterocycles. The number of carbonyl (C=O) groups excluding carboxylic acids is 1. The molecule has 0 radical (unpaired) electrons. The van der Waals surface area contributed by atoms with Crippen LogP contribution in [0.3, 0.4) is 0 Å². The van der Waals surface area contributed by atoms with Gasteiger partial charge in [-0.05, 0) is 61.1 Å². The minimum atomic E-state index is -0.215. The van der Waals surface area contributed by atoms with Crippen LogP contribution in [0.1, 0.15) is 31.0 Å². The summed E-state index contributed by atoms with van der Waals surface area (Å²) in [5, 5.41) is 1.21. The van der Waals surface area contributed by atoms with Gasteiger partial charge in [0.2, 0.25) is 0 Å².